The summed E-state index contributed by atoms with van der Waals surface area (Å²) in [5.74, 6) is 1.46. The Bertz CT molecular complexity index is 548. The first-order valence-electron chi connectivity index (χ1n) is 5.40. The van der Waals surface area contributed by atoms with E-state index < -0.39 is 0 Å². The zero-order valence-electron chi connectivity index (χ0n) is 9.78. The summed E-state index contributed by atoms with van der Waals surface area (Å²) in [5, 5.41) is 3.57. The summed E-state index contributed by atoms with van der Waals surface area (Å²) in [7, 11) is 1.83. The van der Waals surface area contributed by atoms with Crippen molar-refractivity contribution < 1.29 is 4.74 Å². The molecule has 0 bridgehead atoms. The number of anilines is 1. The van der Waals surface area contributed by atoms with Crippen LogP contribution in [0.3, 0.4) is 0 Å². The molecule has 0 unspecified atom stereocenters. The third-order valence-corrected chi connectivity index (χ3v) is 3.14. The van der Waals surface area contributed by atoms with Crippen LogP contribution in [0.5, 0.6) is 5.75 Å². The van der Waals surface area contributed by atoms with Crippen molar-refractivity contribution in [2.45, 2.75) is 6.61 Å². The monoisotopic (exact) mass is 326 g/mol. The molecule has 0 aliphatic carbocycles. The minimum atomic E-state index is 0.381. The molecule has 18 heavy (non-hydrogen) atoms. The van der Waals surface area contributed by atoms with Gasteiger partial charge in [-0.1, -0.05) is 33.6 Å². The molecule has 0 fully saturated rings. The highest BCUT2D eigenvalue weighted by atomic mass is 79.9. The lowest BCUT2D eigenvalue weighted by molar-refractivity contribution is 0.301. The second kappa shape index (κ2) is 6.07. The second-order valence-electron chi connectivity index (χ2n) is 3.63. The van der Waals surface area contributed by atoms with E-state index in [1.165, 1.54) is 0 Å². The van der Waals surface area contributed by atoms with Crippen molar-refractivity contribution >= 4 is 33.3 Å². The van der Waals surface area contributed by atoms with Crippen LogP contribution in [-0.4, -0.2) is 12.0 Å². The van der Waals surface area contributed by atoms with Crippen LogP contribution < -0.4 is 10.1 Å². The molecule has 0 spiro atoms. The number of ether oxygens (including phenoxy) is 1. The second-order valence-corrected chi connectivity index (χ2v) is 4.95. The van der Waals surface area contributed by atoms with Gasteiger partial charge in [0.05, 0.1) is 10.7 Å². The average Bonchev–Trinajstić information content (AvgIpc) is 2.40. The number of pyridine rings is 1. The standard InChI is InChI=1S/C13H12BrClN2O/c1-16-13-4-2-3-10(17-13)8-18-12-7-9(14)5-6-11(12)15/h2-7H,8H2,1H3,(H,16,17). The van der Waals surface area contributed by atoms with Gasteiger partial charge in [0, 0.05) is 11.5 Å². The van der Waals surface area contributed by atoms with Crippen LogP contribution in [0.2, 0.25) is 5.02 Å². The summed E-state index contributed by atoms with van der Waals surface area (Å²) < 4.78 is 6.58. The highest BCUT2D eigenvalue weighted by Crippen LogP contribution is 2.28. The van der Waals surface area contributed by atoms with E-state index in [1.54, 1.807) is 6.07 Å². The molecule has 2 aromatic rings. The molecule has 0 amide bonds. The van der Waals surface area contributed by atoms with Crippen molar-refractivity contribution in [1.82, 2.24) is 4.98 Å². The molecule has 0 saturated heterocycles. The van der Waals surface area contributed by atoms with Gasteiger partial charge in [0.2, 0.25) is 0 Å². The number of nitrogens with one attached hydrogen (secondary N) is 1. The Labute approximate surface area is 119 Å². The van der Waals surface area contributed by atoms with E-state index >= 15 is 0 Å². The van der Waals surface area contributed by atoms with Gasteiger partial charge in [-0.25, -0.2) is 4.98 Å². The van der Waals surface area contributed by atoms with E-state index in [0.29, 0.717) is 17.4 Å². The molecule has 0 radical (unpaired) electrons. The maximum atomic E-state index is 6.04. The Morgan fingerprint density at radius 2 is 2.17 bits per heavy atom. The zero-order chi connectivity index (χ0) is 13.0. The lowest BCUT2D eigenvalue weighted by Crippen LogP contribution is -2.01. The number of aromatic nitrogens is 1. The van der Waals surface area contributed by atoms with Crippen LogP contribution in [0.25, 0.3) is 0 Å². The molecule has 0 aliphatic heterocycles. The van der Waals surface area contributed by atoms with Crippen molar-refractivity contribution in [3.63, 3.8) is 0 Å². The number of benzene rings is 1. The third kappa shape index (κ3) is 3.37. The van der Waals surface area contributed by atoms with Gasteiger partial charge in [0.25, 0.3) is 0 Å². The van der Waals surface area contributed by atoms with E-state index in [4.69, 9.17) is 16.3 Å². The van der Waals surface area contributed by atoms with Gasteiger partial charge in [-0.05, 0) is 30.3 Å². The first-order valence-corrected chi connectivity index (χ1v) is 6.57. The van der Waals surface area contributed by atoms with Crippen LogP contribution in [0.15, 0.2) is 40.9 Å². The molecule has 0 aliphatic rings. The summed E-state index contributed by atoms with van der Waals surface area (Å²) in [6.07, 6.45) is 0. The van der Waals surface area contributed by atoms with Gasteiger partial charge in [-0.2, -0.15) is 0 Å². The lowest BCUT2D eigenvalue weighted by atomic mass is 10.3. The van der Waals surface area contributed by atoms with Crippen molar-refractivity contribution in [2.75, 3.05) is 12.4 Å². The van der Waals surface area contributed by atoms with Crippen molar-refractivity contribution in [3.8, 4) is 5.75 Å². The number of hydrogen-bond donors (Lipinski definition) is 1. The summed E-state index contributed by atoms with van der Waals surface area (Å²) >= 11 is 9.42. The fourth-order valence-corrected chi connectivity index (χ4v) is 1.95. The Balaban J connectivity index is 2.08. The maximum Gasteiger partial charge on any atom is 0.139 e. The normalized spacial score (nSPS) is 10.2. The topological polar surface area (TPSA) is 34.1 Å². The SMILES string of the molecule is CNc1cccc(COc2cc(Br)ccc2Cl)n1. The van der Waals surface area contributed by atoms with E-state index in [9.17, 15) is 0 Å². The van der Waals surface area contributed by atoms with Crippen LogP contribution in [0.4, 0.5) is 5.82 Å². The van der Waals surface area contributed by atoms with Gasteiger partial charge < -0.3 is 10.1 Å². The van der Waals surface area contributed by atoms with Gasteiger partial charge in [-0.3, -0.25) is 0 Å². The summed E-state index contributed by atoms with van der Waals surface area (Å²) in [6.45, 7) is 0.381. The first kappa shape index (κ1) is 13.2. The molecule has 2 rings (SSSR count). The molecule has 3 nitrogen and oxygen atoms in total. The highest BCUT2D eigenvalue weighted by molar-refractivity contribution is 9.10. The molecule has 94 valence electrons. The van der Waals surface area contributed by atoms with Crippen molar-refractivity contribution in [2.24, 2.45) is 0 Å². The largest absolute Gasteiger partial charge is 0.486 e. The predicted molar refractivity (Wildman–Crippen MR) is 77.3 cm³/mol. The fourth-order valence-electron chi connectivity index (χ4n) is 1.44. The molecular weight excluding hydrogens is 316 g/mol. The minimum Gasteiger partial charge on any atom is -0.486 e. The molecule has 1 aromatic heterocycles. The molecule has 0 atom stereocenters. The number of hydrogen-bond acceptors (Lipinski definition) is 3. The van der Waals surface area contributed by atoms with E-state index in [2.05, 4.69) is 26.2 Å². The van der Waals surface area contributed by atoms with E-state index in [0.717, 1.165) is 16.0 Å². The van der Waals surface area contributed by atoms with Gasteiger partial charge in [0.1, 0.15) is 18.2 Å². The molecule has 1 N–H and O–H groups in total. The van der Waals surface area contributed by atoms with Crippen LogP contribution >= 0.6 is 27.5 Å². The Morgan fingerprint density at radius 1 is 1.33 bits per heavy atom. The van der Waals surface area contributed by atoms with Gasteiger partial charge >= 0.3 is 0 Å². The Hall–Kier alpha value is -1.26. The third-order valence-electron chi connectivity index (χ3n) is 2.33. The molecular formula is C13H12BrClN2O. The van der Waals surface area contributed by atoms with Crippen LogP contribution in [0.1, 0.15) is 5.69 Å². The Kier molecular flexibility index (Phi) is 4.44. The molecule has 0 saturated carbocycles. The quantitative estimate of drug-likeness (QED) is 0.917. The molecule has 1 heterocycles. The fraction of sp³-hybridized carbons (Fsp3) is 0.154. The van der Waals surface area contributed by atoms with E-state index in [1.807, 2.05) is 37.4 Å². The molecule has 5 heteroatoms. The van der Waals surface area contributed by atoms with Gasteiger partial charge in [-0.15, -0.1) is 0 Å². The van der Waals surface area contributed by atoms with Gasteiger partial charge in [0.15, 0.2) is 0 Å². The summed E-state index contributed by atoms with van der Waals surface area (Å²) in [5.41, 5.74) is 0.845. The van der Waals surface area contributed by atoms with E-state index in [-0.39, 0.29) is 0 Å². The van der Waals surface area contributed by atoms with Crippen molar-refractivity contribution in [3.05, 3.63) is 51.6 Å². The van der Waals surface area contributed by atoms with Crippen LogP contribution in [-0.2, 0) is 6.61 Å². The Morgan fingerprint density at radius 3 is 2.94 bits per heavy atom. The summed E-state index contributed by atoms with van der Waals surface area (Å²) in [6, 6.07) is 11.2. The minimum absolute atomic E-state index is 0.381. The number of rotatable bonds is 4. The smallest absolute Gasteiger partial charge is 0.139 e. The lowest BCUT2D eigenvalue weighted by Gasteiger charge is -2.09. The van der Waals surface area contributed by atoms with Crippen LogP contribution in [0, 0.1) is 0 Å². The summed E-state index contributed by atoms with van der Waals surface area (Å²) in [4.78, 5) is 4.37. The number of halogens is 2. The highest BCUT2D eigenvalue weighted by Gasteiger charge is 2.04. The first-order chi connectivity index (χ1) is 8.69. The number of nitrogens with zero attached hydrogens (tertiary/aromatic N) is 1. The van der Waals surface area contributed by atoms with Crippen molar-refractivity contribution in [1.29, 1.82) is 0 Å². The predicted octanol–water partition coefficient (Wildman–Crippen LogP) is 4.12. The zero-order valence-corrected chi connectivity index (χ0v) is 12.1. The molecule has 1 aromatic carbocycles. The maximum absolute atomic E-state index is 6.04. The average molecular weight is 328 g/mol.